The molecule has 2 aromatic rings. The Balaban J connectivity index is 2.23. The third-order valence-electron chi connectivity index (χ3n) is 2.55. The van der Waals surface area contributed by atoms with Crippen molar-refractivity contribution < 1.29 is 18.4 Å². The molecule has 2 rings (SSSR count). The second-order valence-corrected chi connectivity index (χ2v) is 7.36. The molecule has 0 fully saturated rings. The number of halogens is 1. The van der Waals surface area contributed by atoms with E-state index in [2.05, 4.69) is 21.0 Å². The molecule has 116 valence electrons. The number of rotatable bonds is 6. The Kier molecular flexibility index (Phi) is 5.63. The highest BCUT2D eigenvalue weighted by Gasteiger charge is 2.32. The third-order valence-corrected chi connectivity index (χ3v) is 4.36. The van der Waals surface area contributed by atoms with Crippen molar-refractivity contribution in [2.24, 2.45) is 0 Å². The van der Waals surface area contributed by atoms with Gasteiger partial charge in [-0.2, -0.15) is 0 Å². The zero-order chi connectivity index (χ0) is 16.0. The summed E-state index contributed by atoms with van der Waals surface area (Å²) in [5.41, 5.74) is 0. The Hall–Kier alpha value is -1.78. The van der Waals surface area contributed by atoms with Crippen molar-refractivity contribution in [3.63, 3.8) is 0 Å². The molecule has 0 heterocycles. The molecule has 1 atom stereocenters. The van der Waals surface area contributed by atoms with E-state index in [1.165, 1.54) is 0 Å². The molecule has 0 aromatic heterocycles. The maximum atomic E-state index is 12.9. The van der Waals surface area contributed by atoms with Gasteiger partial charge in [-0.1, -0.05) is 52.3 Å². The monoisotopic (exact) mass is 383 g/mol. The number of hydrogen-bond acceptors (Lipinski definition) is 4. The molecule has 22 heavy (non-hydrogen) atoms. The summed E-state index contributed by atoms with van der Waals surface area (Å²) < 4.78 is 23.7. The van der Waals surface area contributed by atoms with Gasteiger partial charge in [-0.05, 0) is 31.2 Å². The lowest BCUT2D eigenvalue weighted by Crippen LogP contribution is -2.30. The first-order chi connectivity index (χ1) is 10.5. The van der Waals surface area contributed by atoms with Gasteiger partial charge in [0.05, 0.1) is 4.83 Å². The molecule has 0 bridgehead atoms. The van der Waals surface area contributed by atoms with Crippen LogP contribution < -0.4 is 14.1 Å². The number of alkyl halides is 1. The Morgan fingerprint density at radius 2 is 1.41 bits per heavy atom. The molecular weight excluding hydrogens is 369 g/mol. The topological polar surface area (TPSA) is 64.6 Å². The van der Waals surface area contributed by atoms with E-state index in [9.17, 15) is 9.36 Å². The Morgan fingerprint density at radius 1 is 1.00 bits per heavy atom. The molecule has 0 spiro atoms. The van der Waals surface area contributed by atoms with Gasteiger partial charge in [-0.3, -0.25) is 4.79 Å². The van der Waals surface area contributed by atoms with Crippen molar-refractivity contribution in [3.8, 4) is 11.5 Å². The average Bonchev–Trinajstić information content (AvgIpc) is 2.48. The van der Waals surface area contributed by atoms with Crippen molar-refractivity contribution in [1.29, 1.82) is 0 Å². The quantitative estimate of drug-likeness (QED) is 0.600. The van der Waals surface area contributed by atoms with Crippen molar-refractivity contribution in [3.05, 3.63) is 60.7 Å². The summed E-state index contributed by atoms with van der Waals surface area (Å²) in [6, 6.07) is 17.1. The fourth-order valence-electron chi connectivity index (χ4n) is 1.53. The van der Waals surface area contributed by atoms with Crippen LogP contribution in [0, 0.1) is 0 Å². The molecule has 2 aromatic carbocycles. The highest BCUT2D eigenvalue weighted by atomic mass is 79.9. The van der Waals surface area contributed by atoms with E-state index in [-0.39, 0.29) is 0 Å². The largest absolute Gasteiger partial charge is 0.543 e. The number of para-hydroxylation sites is 2. The third kappa shape index (κ3) is 4.90. The predicted molar refractivity (Wildman–Crippen MR) is 88.3 cm³/mol. The Morgan fingerprint density at radius 3 is 1.77 bits per heavy atom. The first-order valence-electron chi connectivity index (χ1n) is 6.54. The molecule has 5 nitrogen and oxygen atoms in total. The van der Waals surface area contributed by atoms with Gasteiger partial charge in [-0.25, -0.2) is 9.65 Å². The average molecular weight is 384 g/mol. The molecule has 0 saturated carbocycles. The minimum Gasteiger partial charge on any atom is -0.400 e. The summed E-state index contributed by atoms with van der Waals surface area (Å²) in [7, 11) is -3.90. The first-order valence-corrected chi connectivity index (χ1v) is 9.00. The van der Waals surface area contributed by atoms with Crippen LogP contribution in [0.5, 0.6) is 11.5 Å². The lowest BCUT2D eigenvalue weighted by Gasteiger charge is -2.20. The number of carbonyl (C=O) groups excluding carboxylic acids is 1. The van der Waals surface area contributed by atoms with E-state index < -0.39 is 18.5 Å². The molecule has 1 N–H and O–H groups in total. The van der Waals surface area contributed by atoms with Gasteiger partial charge in [0.2, 0.25) is 5.91 Å². The van der Waals surface area contributed by atoms with Crippen LogP contribution in [0.4, 0.5) is 0 Å². The van der Waals surface area contributed by atoms with E-state index in [1.807, 2.05) is 0 Å². The van der Waals surface area contributed by atoms with E-state index in [0.29, 0.717) is 11.5 Å². The number of hydrogen-bond donors (Lipinski definition) is 1. The lowest BCUT2D eigenvalue weighted by molar-refractivity contribution is -0.118. The fraction of sp³-hybridized carbons (Fsp3) is 0.133. The number of amides is 1. The SMILES string of the molecule is C[C@@H](Br)C(=O)NP(=O)(Oc1ccccc1)Oc1ccccc1. The summed E-state index contributed by atoms with van der Waals surface area (Å²) in [6.07, 6.45) is 0. The predicted octanol–water partition coefficient (Wildman–Crippen LogP) is 4.15. The van der Waals surface area contributed by atoms with Crippen LogP contribution in [0.1, 0.15) is 6.92 Å². The van der Waals surface area contributed by atoms with E-state index in [1.54, 1.807) is 67.6 Å². The van der Waals surface area contributed by atoms with Crippen LogP contribution in [-0.4, -0.2) is 10.7 Å². The standard InChI is InChI=1S/C15H15BrNO4P/c1-12(16)15(18)17-22(19,20-13-8-4-2-5-9-13)21-14-10-6-3-7-11-14/h2-12H,1H3,(H,17,18,19)/t12-/m1/s1. The lowest BCUT2D eigenvalue weighted by atomic mass is 10.3. The van der Waals surface area contributed by atoms with Gasteiger partial charge < -0.3 is 9.05 Å². The van der Waals surface area contributed by atoms with Crippen molar-refractivity contribution >= 4 is 29.6 Å². The van der Waals surface area contributed by atoms with Gasteiger partial charge >= 0.3 is 7.75 Å². The minimum absolute atomic E-state index is 0.337. The molecule has 1 amide bonds. The number of carbonyl (C=O) groups is 1. The van der Waals surface area contributed by atoms with E-state index in [4.69, 9.17) is 9.05 Å². The van der Waals surface area contributed by atoms with Crippen molar-refractivity contribution in [1.82, 2.24) is 5.09 Å². The Labute approximate surface area is 137 Å². The molecular formula is C15H15BrNO4P. The van der Waals surface area contributed by atoms with Crippen LogP contribution in [0.3, 0.4) is 0 Å². The maximum absolute atomic E-state index is 12.9. The highest BCUT2D eigenvalue weighted by molar-refractivity contribution is 9.10. The zero-order valence-corrected chi connectivity index (χ0v) is 14.3. The van der Waals surface area contributed by atoms with Gasteiger partial charge in [0.1, 0.15) is 11.5 Å². The minimum atomic E-state index is -3.90. The number of nitrogens with one attached hydrogen (secondary N) is 1. The van der Waals surface area contributed by atoms with Gasteiger partial charge in [0, 0.05) is 0 Å². The smallest absolute Gasteiger partial charge is 0.400 e. The molecule has 0 radical (unpaired) electrons. The molecule has 0 aliphatic rings. The summed E-state index contributed by atoms with van der Waals surface area (Å²) in [5.74, 6) is 0.184. The van der Waals surface area contributed by atoms with Crippen LogP contribution in [0.25, 0.3) is 0 Å². The highest BCUT2D eigenvalue weighted by Crippen LogP contribution is 2.44. The summed E-state index contributed by atoms with van der Waals surface area (Å²) in [6.45, 7) is 1.62. The van der Waals surface area contributed by atoms with Crippen LogP contribution in [0.2, 0.25) is 0 Å². The van der Waals surface area contributed by atoms with Crippen molar-refractivity contribution in [2.45, 2.75) is 11.8 Å². The number of benzene rings is 2. The normalized spacial score (nSPS) is 12.3. The van der Waals surface area contributed by atoms with Gasteiger partial charge in [0.25, 0.3) is 0 Å². The Bertz CT molecular complexity index is 618. The molecule has 0 aliphatic heterocycles. The summed E-state index contributed by atoms with van der Waals surface area (Å²) >= 11 is 3.12. The summed E-state index contributed by atoms with van der Waals surface area (Å²) in [4.78, 5) is 11.3. The zero-order valence-electron chi connectivity index (χ0n) is 11.8. The van der Waals surface area contributed by atoms with Crippen LogP contribution in [0.15, 0.2) is 60.7 Å². The van der Waals surface area contributed by atoms with E-state index >= 15 is 0 Å². The van der Waals surface area contributed by atoms with Crippen molar-refractivity contribution in [2.75, 3.05) is 0 Å². The van der Waals surface area contributed by atoms with Crippen LogP contribution in [-0.2, 0) is 9.36 Å². The van der Waals surface area contributed by atoms with Gasteiger partial charge in [0.15, 0.2) is 0 Å². The maximum Gasteiger partial charge on any atom is 0.543 e. The second-order valence-electron chi connectivity index (χ2n) is 4.40. The molecule has 0 aliphatic carbocycles. The van der Waals surface area contributed by atoms with E-state index in [0.717, 1.165) is 0 Å². The van der Waals surface area contributed by atoms with Gasteiger partial charge in [-0.15, -0.1) is 0 Å². The molecule has 0 saturated heterocycles. The first kappa shape index (κ1) is 16.6. The second kappa shape index (κ2) is 7.47. The molecule has 0 unspecified atom stereocenters. The fourth-order valence-corrected chi connectivity index (χ4v) is 3.21. The molecule has 7 heteroatoms. The van der Waals surface area contributed by atoms with Crippen LogP contribution >= 0.6 is 23.7 Å². The summed E-state index contributed by atoms with van der Waals surface area (Å²) in [5, 5.41) is 2.32.